The molecule has 11 heavy (non-hydrogen) atoms. The molecule has 66 valence electrons. The van der Waals surface area contributed by atoms with Crippen molar-refractivity contribution < 1.29 is 0 Å². The lowest BCUT2D eigenvalue weighted by Crippen LogP contribution is -2.09. The maximum Gasteiger partial charge on any atom is 0.0793 e. The summed E-state index contributed by atoms with van der Waals surface area (Å²) >= 11 is 3.72. The second-order valence-corrected chi connectivity index (χ2v) is 4.67. The fourth-order valence-corrected chi connectivity index (χ4v) is 2.74. The number of hydrogen-bond donors (Lipinski definition) is 0. The van der Waals surface area contributed by atoms with E-state index in [1.165, 1.54) is 9.93 Å². The van der Waals surface area contributed by atoms with Gasteiger partial charge in [0.05, 0.1) is 5.03 Å². The lowest BCUT2D eigenvalue weighted by atomic mass is 10.6. The summed E-state index contributed by atoms with van der Waals surface area (Å²) < 4.78 is 0. The van der Waals surface area contributed by atoms with Crippen molar-refractivity contribution in [1.29, 1.82) is 0 Å². The van der Waals surface area contributed by atoms with E-state index in [-0.39, 0.29) is 0 Å². The Morgan fingerprint density at radius 2 is 1.91 bits per heavy atom. The summed E-state index contributed by atoms with van der Waals surface area (Å²) in [5, 5.41) is 1.37. The zero-order valence-corrected chi connectivity index (χ0v) is 9.60. The summed E-state index contributed by atoms with van der Waals surface area (Å²) in [4.78, 5) is 3.59. The maximum absolute atomic E-state index is 2.18. The molecule has 0 aliphatic rings. The molecular formula is C8H17NS2. The average molecular weight is 191 g/mol. The molecule has 0 N–H and O–H groups in total. The molecular weight excluding hydrogens is 174 g/mol. The first-order chi connectivity index (χ1) is 5.13. The molecule has 0 rings (SSSR count). The number of rotatable bonds is 4. The Balaban J connectivity index is 4.27. The van der Waals surface area contributed by atoms with Gasteiger partial charge >= 0.3 is 0 Å². The Hall–Kier alpha value is 0.240. The minimum absolute atomic E-state index is 1.16. The van der Waals surface area contributed by atoms with Gasteiger partial charge in [0.2, 0.25) is 0 Å². The molecule has 0 fully saturated rings. The smallest absolute Gasteiger partial charge is 0.0793 e. The Morgan fingerprint density at radius 3 is 2.18 bits per heavy atom. The van der Waals surface area contributed by atoms with E-state index >= 15 is 0 Å². The van der Waals surface area contributed by atoms with E-state index in [1.807, 2.05) is 23.5 Å². The normalized spacial score (nSPS) is 12.8. The third-order valence-corrected chi connectivity index (χ3v) is 3.36. The molecule has 0 radical (unpaired) electrons. The third kappa shape index (κ3) is 3.97. The molecule has 0 unspecified atom stereocenters. The minimum Gasteiger partial charge on any atom is -0.372 e. The van der Waals surface area contributed by atoms with Crippen molar-refractivity contribution in [3.8, 4) is 0 Å². The van der Waals surface area contributed by atoms with Gasteiger partial charge in [-0.05, 0) is 18.9 Å². The summed E-state index contributed by atoms with van der Waals surface area (Å²) in [6, 6.07) is 0. The van der Waals surface area contributed by atoms with Crippen LogP contribution in [-0.4, -0.2) is 31.0 Å². The van der Waals surface area contributed by atoms with Crippen molar-refractivity contribution in [3.05, 3.63) is 9.93 Å². The maximum atomic E-state index is 2.18. The highest BCUT2D eigenvalue weighted by Crippen LogP contribution is 2.26. The number of allylic oxidation sites excluding steroid dienone is 1. The molecule has 0 aromatic heterocycles. The lowest BCUT2D eigenvalue weighted by Gasteiger charge is -2.17. The molecule has 0 amide bonds. The summed E-state index contributed by atoms with van der Waals surface area (Å²) in [5.41, 5.74) is 0. The van der Waals surface area contributed by atoms with Crippen molar-refractivity contribution in [3.63, 3.8) is 0 Å². The monoisotopic (exact) mass is 191 g/mol. The molecule has 0 spiro atoms. The first kappa shape index (κ1) is 11.2. The van der Waals surface area contributed by atoms with Crippen LogP contribution in [0.15, 0.2) is 9.93 Å². The predicted octanol–water partition coefficient (Wildman–Crippen LogP) is 2.85. The second-order valence-electron chi connectivity index (χ2n) is 2.39. The molecule has 0 bridgehead atoms. The molecule has 0 aromatic carbocycles. The van der Waals surface area contributed by atoms with Crippen molar-refractivity contribution in [2.75, 3.05) is 26.1 Å². The SMILES string of the molecule is CCS/C(C)=C(/SC)N(C)C. The summed E-state index contributed by atoms with van der Waals surface area (Å²) in [7, 11) is 4.18. The Labute approximate surface area is 78.6 Å². The first-order valence-electron chi connectivity index (χ1n) is 3.68. The van der Waals surface area contributed by atoms with Crippen LogP contribution in [0.1, 0.15) is 13.8 Å². The van der Waals surface area contributed by atoms with Crippen molar-refractivity contribution >= 4 is 23.5 Å². The number of thioether (sulfide) groups is 2. The molecule has 1 nitrogen and oxygen atoms in total. The Kier molecular flexibility index (Phi) is 5.96. The van der Waals surface area contributed by atoms with Gasteiger partial charge in [0.15, 0.2) is 0 Å². The Morgan fingerprint density at radius 1 is 1.36 bits per heavy atom. The minimum atomic E-state index is 1.16. The van der Waals surface area contributed by atoms with Crippen LogP contribution in [0.2, 0.25) is 0 Å². The van der Waals surface area contributed by atoms with E-state index in [0.717, 1.165) is 5.75 Å². The van der Waals surface area contributed by atoms with Crippen LogP contribution >= 0.6 is 23.5 Å². The van der Waals surface area contributed by atoms with Crippen LogP contribution < -0.4 is 0 Å². The van der Waals surface area contributed by atoms with Crippen molar-refractivity contribution in [2.24, 2.45) is 0 Å². The molecule has 0 aromatic rings. The second kappa shape index (κ2) is 5.84. The van der Waals surface area contributed by atoms with Crippen LogP contribution in [0.5, 0.6) is 0 Å². The molecule has 0 aliphatic carbocycles. The molecule has 0 saturated heterocycles. The summed E-state index contributed by atoms with van der Waals surface area (Å²) in [5.74, 6) is 1.16. The topological polar surface area (TPSA) is 3.24 Å². The van der Waals surface area contributed by atoms with E-state index in [1.54, 1.807) is 0 Å². The van der Waals surface area contributed by atoms with Crippen LogP contribution in [0.3, 0.4) is 0 Å². The average Bonchev–Trinajstić information content (AvgIpc) is 1.88. The van der Waals surface area contributed by atoms with Gasteiger partial charge < -0.3 is 4.90 Å². The fraction of sp³-hybridized carbons (Fsp3) is 0.750. The number of nitrogens with zero attached hydrogens (tertiary/aromatic N) is 1. The largest absolute Gasteiger partial charge is 0.372 e. The highest BCUT2D eigenvalue weighted by atomic mass is 32.2. The van der Waals surface area contributed by atoms with Crippen LogP contribution in [-0.2, 0) is 0 Å². The Bertz CT molecular complexity index is 141. The van der Waals surface area contributed by atoms with Gasteiger partial charge in [0.1, 0.15) is 0 Å². The van der Waals surface area contributed by atoms with E-state index < -0.39 is 0 Å². The van der Waals surface area contributed by atoms with Crippen LogP contribution in [0.4, 0.5) is 0 Å². The van der Waals surface area contributed by atoms with E-state index in [9.17, 15) is 0 Å². The van der Waals surface area contributed by atoms with Gasteiger partial charge in [-0.2, -0.15) is 0 Å². The van der Waals surface area contributed by atoms with Crippen molar-refractivity contribution in [1.82, 2.24) is 4.90 Å². The summed E-state index contributed by atoms with van der Waals surface area (Å²) in [6.07, 6.45) is 2.12. The van der Waals surface area contributed by atoms with Gasteiger partial charge in [0, 0.05) is 19.0 Å². The van der Waals surface area contributed by atoms with Gasteiger partial charge in [-0.15, -0.1) is 23.5 Å². The van der Waals surface area contributed by atoms with Crippen LogP contribution in [0.25, 0.3) is 0 Å². The van der Waals surface area contributed by atoms with E-state index in [2.05, 4.69) is 39.1 Å². The quantitative estimate of drug-likeness (QED) is 0.673. The third-order valence-electron chi connectivity index (χ3n) is 1.26. The molecule has 0 atom stereocenters. The lowest BCUT2D eigenvalue weighted by molar-refractivity contribution is 0.548. The molecule has 3 heteroatoms. The van der Waals surface area contributed by atoms with Gasteiger partial charge in [-0.25, -0.2) is 0 Å². The molecule has 0 aliphatic heterocycles. The standard InChI is InChI=1S/C8H17NS2/c1-6-11-7(2)8(10-5)9(3)4/h6H2,1-5H3/b8-7+. The van der Waals surface area contributed by atoms with E-state index in [0.29, 0.717) is 0 Å². The zero-order chi connectivity index (χ0) is 8.85. The highest BCUT2D eigenvalue weighted by molar-refractivity contribution is 8.06. The van der Waals surface area contributed by atoms with Gasteiger partial charge in [0.25, 0.3) is 0 Å². The predicted molar refractivity (Wildman–Crippen MR) is 58.0 cm³/mol. The van der Waals surface area contributed by atoms with Gasteiger partial charge in [-0.1, -0.05) is 6.92 Å². The summed E-state index contributed by atoms with van der Waals surface area (Å²) in [6.45, 7) is 4.36. The fourth-order valence-electron chi connectivity index (χ4n) is 0.919. The number of hydrogen-bond acceptors (Lipinski definition) is 3. The molecule has 0 heterocycles. The van der Waals surface area contributed by atoms with Gasteiger partial charge in [-0.3, -0.25) is 0 Å². The van der Waals surface area contributed by atoms with Crippen LogP contribution in [0, 0.1) is 0 Å². The zero-order valence-electron chi connectivity index (χ0n) is 7.97. The molecule has 0 saturated carbocycles. The first-order valence-corrected chi connectivity index (χ1v) is 5.89. The van der Waals surface area contributed by atoms with Crippen molar-refractivity contribution in [2.45, 2.75) is 13.8 Å². The highest BCUT2D eigenvalue weighted by Gasteiger charge is 2.02. The van der Waals surface area contributed by atoms with E-state index in [4.69, 9.17) is 0 Å².